The molecule has 162 valence electrons. The zero-order chi connectivity index (χ0) is 22.3. The second-order valence-electron chi connectivity index (χ2n) is 6.40. The van der Waals surface area contributed by atoms with Crippen molar-refractivity contribution < 1.29 is 22.7 Å². The molecule has 0 aromatic heterocycles. The van der Waals surface area contributed by atoms with Crippen LogP contribution in [0.4, 0.5) is 5.69 Å². The molecule has 0 aliphatic carbocycles. The summed E-state index contributed by atoms with van der Waals surface area (Å²) in [6, 6.07) is 19.4. The van der Waals surface area contributed by atoms with Gasteiger partial charge in [0.1, 0.15) is 18.1 Å². The van der Waals surface area contributed by atoms with Crippen LogP contribution in [0.1, 0.15) is 10.4 Å². The average molecular weight is 461 g/mol. The molecule has 0 aliphatic heterocycles. The van der Waals surface area contributed by atoms with Gasteiger partial charge in [-0.1, -0.05) is 35.9 Å². The summed E-state index contributed by atoms with van der Waals surface area (Å²) >= 11 is 6.02. The smallest absolute Gasteiger partial charge is 0.261 e. The van der Waals surface area contributed by atoms with Gasteiger partial charge < -0.3 is 14.8 Å². The lowest BCUT2D eigenvalue weighted by molar-refractivity contribution is 0.0946. The van der Waals surface area contributed by atoms with Crippen LogP contribution in [0.3, 0.4) is 0 Å². The van der Waals surface area contributed by atoms with Crippen molar-refractivity contribution in [3.63, 3.8) is 0 Å². The standard InChI is InChI=1S/C22H21ClN2O5S/c1-29-17-7-5-8-18(15-17)30-13-12-24-22(26)16-6-4-9-19(14-16)31(27,28)25-21-11-3-2-10-20(21)23/h2-11,14-15,25H,12-13H2,1H3,(H,24,26). The minimum absolute atomic E-state index is 0.0484. The van der Waals surface area contributed by atoms with E-state index in [0.717, 1.165) is 0 Å². The quantitative estimate of drug-likeness (QED) is 0.471. The van der Waals surface area contributed by atoms with E-state index in [1.54, 1.807) is 55.6 Å². The van der Waals surface area contributed by atoms with Crippen molar-refractivity contribution in [1.29, 1.82) is 0 Å². The third-order valence-corrected chi connectivity index (χ3v) is 5.92. The topological polar surface area (TPSA) is 93.7 Å². The van der Waals surface area contributed by atoms with Crippen LogP contribution in [-0.4, -0.2) is 34.6 Å². The molecular formula is C22H21ClN2O5S. The molecule has 0 aliphatic rings. The van der Waals surface area contributed by atoms with E-state index >= 15 is 0 Å². The van der Waals surface area contributed by atoms with E-state index in [-0.39, 0.29) is 34.3 Å². The highest BCUT2D eigenvalue weighted by molar-refractivity contribution is 7.92. The molecule has 3 aromatic carbocycles. The maximum Gasteiger partial charge on any atom is 0.261 e. The zero-order valence-corrected chi connectivity index (χ0v) is 18.2. The van der Waals surface area contributed by atoms with Crippen molar-refractivity contribution in [2.75, 3.05) is 25.0 Å². The van der Waals surface area contributed by atoms with Crippen LogP contribution in [0, 0.1) is 0 Å². The van der Waals surface area contributed by atoms with Crippen molar-refractivity contribution in [3.8, 4) is 11.5 Å². The van der Waals surface area contributed by atoms with E-state index in [1.165, 1.54) is 24.3 Å². The summed E-state index contributed by atoms with van der Waals surface area (Å²) < 4.78 is 38.5. The molecule has 0 heterocycles. The molecule has 1 amide bonds. The van der Waals surface area contributed by atoms with Crippen LogP contribution in [0.2, 0.25) is 5.02 Å². The molecule has 0 bridgehead atoms. The number of ether oxygens (including phenoxy) is 2. The fourth-order valence-electron chi connectivity index (χ4n) is 2.68. The number of hydrogen-bond donors (Lipinski definition) is 2. The molecule has 0 atom stereocenters. The second kappa shape index (κ2) is 10.2. The van der Waals surface area contributed by atoms with Crippen LogP contribution in [0.25, 0.3) is 0 Å². The Labute approximate surface area is 186 Å². The Morgan fingerprint density at radius 2 is 1.71 bits per heavy atom. The summed E-state index contributed by atoms with van der Waals surface area (Å²) in [7, 11) is -2.34. The average Bonchev–Trinajstić information content (AvgIpc) is 2.78. The highest BCUT2D eigenvalue weighted by Crippen LogP contribution is 2.24. The number of nitrogens with one attached hydrogen (secondary N) is 2. The van der Waals surface area contributed by atoms with Crippen LogP contribution >= 0.6 is 11.6 Å². The van der Waals surface area contributed by atoms with Crippen molar-refractivity contribution >= 4 is 33.2 Å². The van der Waals surface area contributed by atoms with Crippen LogP contribution in [0.15, 0.2) is 77.7 Å². The number of methoxy groups -OCH3 is 1. The van der Waals surface area contributed by atoms with Crippen LogP contribution in [0.5, 0.6) is 11.5 Å². The summed E-state index contributed by atoms with van der Waals surface area (Å²) in [6.45, 7) is 0.482. The van der Waals surface area contributed by atoms with Gasteiger partial charge >= 0.3 is 0 Å². The van der Waals surface area contributed by atoms with E-state index in [0.29, 0.717) is 11.5 Å². The Bertz CT molecular complexity index is 1170. The van der Waals surface area contributed by atoms with E-state index in [4.69, 9.17) is 21.1 Å². The van der Waals surface area contributed by atoms with E-state index in [9.17, 15) is 13.2 Å². The van der Waals surface area contributed by atoms with E-state index < -0.39 is 15.9 Å². The molecule has 0 saturated carbocycles. The molecule has 0 spiro atoms. The molecule has 0 unspecified atom stereocenters. The Morgan fingerprint density at radius 3 is 2.48 bits per heavy atom. The molecule has 9 heteroatoms. The first-order chi connectivity index (χ1) is 14.9. The van der Waals surface area contributed by atoms with Gasteiger partial charge in [0.15, 0.2) is 0 Å². The van der Waals surface area contributed by atoms with Crippen molar-refractivity contribution in [3.05, 3.63) is 83.4 Å². The minimum Gasteiger partial charge on any atom is -0.497 e. The maximum atomic E-state index is 12.7. The van der Waals surface area contributed by atoms with Crippen LogP contribution in [-0.2, 0) is 10.0 Å². The third-order valence-electron chi connectivity index (χ3n) is 4.22. The lowest BCUT2D eigenvalue weighted by atomic mass is 10.2. The number of rotatable bonds is 9. The Hall–Kier alpha value is -3.23. The number of halogens is 1. The molecule has 2 N–H and O–H groups in total. The van der Waals surface area contributed by atoms with Gasteiger partial charge in [-0.15, -0.1) is 0 Å². The predicted molar refractivity (Wildman–Crippen MR) is 120 cm³/mol. The SMILES string of the molecule is COc1cccc(OCCNC(=O)c2cccc(S(=O)(=O)Nc3ccccc3Cl)c2)c1. The largest absolute Gasteiger partial charge is 0.497 e. The molecule has 3 rings (SSSR count). The van der Waals surface area contributed by atoms with Crippen molar-refractivity contribution in [1.82, 2.24) is 5.32 Å². The fourth-order valence-corrected chi connectivity index (χ4v) is 4.04. The van der Waals surface area contributed by atoms with Gasteiger partial charge in [0.05, 0.1) is 29.3 Å². The van der Waals surface area contributed by atoms with Crippen molar-refractivity contribution in [2.24, 2.45) is 0 Å². The summed E-state index contributed by atoms with van der Waals surface area (Å²) in [6.07, 6.45) is 0. The van der Waals surface area contributed by atoms with Gasteiger partial charge in [-0.2, -0.15) is 0 Å². The molecule has 3 aromatic rings. The summed E-state index contributed by atoms with van der Waals surface area (Å²) in [4.78, 5) is 12.4. The van der Waals surface area contributed by atoms with E-state index in [1.807, 2.05) is 0 Å². The minimum atomic E-state index is -3.91. The van der Waals surface area contributed by atoms with Gasteiger partial charge in [-0.3, -0.25) is 9.52 Å². The zero-order valence-electron chi connectivity index (χ0n) is 16.7. The molecular weight excluding hydrogens is 440 g/mol. The van der Waals surface area contributed by atoms with Gasteiger partial charge in [-0.25, -0.2) is 8.42 Å². The maximum absolute atomic E-state index is 12.7. The molecule has 31 heavy (non-hydrogen) atoms. The Balaban J connectivity index is 1.60. The number of hydrogen-bond acceptors (Lipinski definition) is 5. The number of benzene rings is 3. The molecule has 0 radical (unpaired) electrons. The summed E-state index contributed by atoms with van der Waals surface area (Å²) in [5, 5.41) is 2.98. The summed E-state index contributed by atoms with van der Waals surface area (Å²) in [5.74, 6) is 0.876. The van der Waals surface area contributed by atoms with Gasteiger partial charge in [0, 0.05) is 11.6 Å². The number of carbonyl (C=O) groups is 1. The molecule has 7 nitrogen and oxygen atoms in total. The third kappa shape index (κ3) is 6.13. The predicted octanol–water partition coefficient (Wildman–Crippen LogP) is 3.96. The van der Waals surface area contributed by atoms with Crippen LogP contribution < -0.4 is 19.5 Å². The van der Waals surface area contributed by atoms with Gasteiger partial charge in [0.2, 0.25) is 0 Å². The molecule has 0 saturated heterocycles. The first kappa shape index (κ1) is 22.5. The Morgan fingerprint density at radius 1 is 0.968 bits per heavy atom. The lowest BCUT2D eigenvalue weighted by Gasteiger charge is -2.11. The number of anilines is 1. The monoisotopic (exact) mass is 460 g/mol. The molecule has 0 fully saturated rings. The first-order valence-electron chi connectivity index (χ1n) is 9.31. The lowest BCUT2D eigenvalue weighted by Crippen LogP contribution is -2.28. The summed E-state index contributed by atoms with van der Waals surface area (Å²) in [5.41, 5.74) is 0.470. The van der Waals surface area contributed by atoms with Crippen molar-refractivity contribution in [2.45, 2.75) is 4.90 Å². The second-order valence-corrected chi connectivity index (χ2v) is 8.49. The number of sulfonamides is 1. The normalized spacial score (nSPS) is 10.9. The van der Waals surface area contributed by atoms with Gasteiger partial charge in [0.25, 0.3) is 15.9 Å². The fraction of sp³-hybridized carbons (Fsp3) is 0.136. The number of para-hydroxylation sites is 1. The first-order valence-corrected chi connectivity index (χ1v) is 11.2. The number of amides is 1. The van der Waals surface area contributed by atoms with E-state index in [2.05, 4.69) is 10.0 Å². The Kier molecular flexibility index (Phi) is 7.38. The van der Waals surface area contributed by atoms with Gasteiger partial charge in [-0.05, 0) is 42.5 Å². The highest BCUT2D eigenvalue weighted by Gasteiger charge is 2.17. The number of carbonyl (C=O) groups excluding carboxylic acids is 1. The highest BCUT2D eigenvalue weighted by atomic mass is 35.5.